The Labute approximate surface area is 176 Å². The molecule has 0 heterocycles. The van der Waals surface area contributed by atoms with Crippen LogP contribution in [0.25, 0.3) is 0 Å². The molecule has 0 aliphatic heterocycles. The van der Waals surface area contributed by atoms with E-state index in [0.29, 0.717) is 0 Å². The van der Waals surface area contributed by atoms with Crippen molar-refractivity contribution in [2.75, 3.05) is 35.2 Å². The molecule has 29 heavy (non-hydrogen) atoms. The fraction of sp³-hybridized carbons (Fsp3) is 0.810. The zero-order valence-corrected chi connectivity index (χ0v) is 20.2. The molecule has 0 aromatic heterocycles. The van der Waals surface area contributed by atoms with Gasteiger partial charge in [-0.1, -0.05) is 20.8 Å². The molecule has 0 aromatic carbocycles. The SMILES string of the molecule is CC(C(=O)N(C)C(C)C(=O)N(C)C(C)C(=O)N(C)C(C)C(=O)C(C)(C)C)N(C)C. The lowest BCUT2D eigenvalue weighted by molar-refractivity contribution is -0.151. The van der Waals surface area contributed by atoms with Crippen LogP contribution >= 0.6 is 0 Å². The molecule has 0 radical (unpaired) electrons. The summed E-state index contributed by atoms with van der Waals surface area (Å²) in [4.78, 5) is 56.7. The van der Waals surface area contributed by atoms with E-state index in [1.165, 1.54) is 14.7 Å². The molecule has 0 saturated carbocycles. The zero-order chi connectivity index (χ0) is 23.4. The fourth-order valence-corrected chi connectivity index (χ4v) is 2.81. The summed E-state index contributed by atoms with van der Waals surface area (Å²) in [5.74, 6) is -0.889. The van der Waals surface area contributed by atoms with Gasteiger partial charge in [-0.2, -0.15) is 0 Å². The lowest BCUT2D eigenvalue weighted by Gasteiger charge is -2.36. The third-order valence-corrected chi connectivity index (χ3v) is 5.75. The van der Waals surface area contributed by atoms with Crippen LogP contribution in [-0.2, 0) is 19.2 Å². The highest BCUT2D eigenvalue weighted by Crippen LogP contribution is 2.20. The first kappa shape index (κ1) is 27.0. The maximum absolute atomic E-state index is 12.9. The first-order valence-corrected chi connectivity index (χ1v) is 9.97. The highest BCUT2D eigenvalue weighted by Gasteiger charge is 2.36. The fourth-order valence-electron chi connectivity index (χ4n) is 2.81. The number of rotatable bonds is 8. The van der Waals surface area contributed by atoms with Crippen molar-refractivity contribution in [1.82, 2.24) is 19.6 Å². The molecule has 3 amide bonds. The van der Waals surface area contributed by atoms with Crippen molar-refractivity contribution in [3.05, 3.63) is 0 Å². The molecule has 0 aliphatic rings. The molecule has 0 bridgehead atoms. The van der Waals surface area contributed by atoms with Crippen molar-refractivity contribution in [2.45, 2.75) is 72.6 Å². The number of hydrogen-bond donors (Lipinski definition) is 0. The number of carbonyl (C=O) groups excluding carboxylic acids is 4. The number of Topliss-reactive ketones (excluding diaryl/α,β-unsaturated/α-hetero) is 1. The summed E-state index contributed by atoms with van der Waals surface area (Å²) in [5, 5.41) is 0. The summed E-state index contributed by atoms with van der Waals surface area (Å²) >= 11 is 0. The summed E-state index contributed by atoms with van der Waals surface area (Å²) in [7, 11) is 8.29. The Kier molecular flexibility index (Phi) is 9.50. The highest BCUT2D eigenvalue weighted by atomic mass is 16.2. The molecule has 8 nitrogen and oxygen atoms in total. The zero-order valence-electron chi connectivity index (χ0n) is 20.2. The molecule has 168 valence electrons. The van der Waals surface area contributed by atoms with Gasteiger partial charge in [0.25, 0.3) is 0 Å². The molecule has 0 N–H and O–H groups in total. The number of carbonyl (C=O) groups is 4. The second-order valence-corrected chi connectivity index (χ2v) is 9.13. The number of nitrogens with zero attached hydrogens (tertiary/aromatic N) is 4. The van der Waals surface area contributed by atoms with Crippen LogP contribution in [-0.4, -0.2) is 103 Å². The predicted octanol–water partition coefficient (Wildman–Crippen LogP) is 1.09. The molecular weight excluding hydrogens is 372 g/mol. The Morgan fingerprint density at radius 3 is 1.10 bits per heavy atom. The van der Waals surface area contributed by atoms with E-state index in [-0.39, 0.29) is 29.5 Å². The predicted molar refractivity (Wildman–Crippen MR) is 114 cm³/mol. The highest BCUT2D eigenvalue weighted by molar-refractivity contribution is 5.95. The number of amides is 3. The molecular formula is C21H40N4O4. The van der Waals surface area contributed by atoms with E-state index in [0.717, 1.165) is 0 Å². The largest absolute Gasteiger partial charge is 0.334 e. The van der Waals surface area contributed by atoms with Crippen LogP contribution in [0.2, 0.25) is 0 Å². The van der Waals surface area contributed by atoms with Gasteiger partial charge in [0.05, 0.1) is 12.1 Å². The molecule has 0 fully saturated rings. The van der Waals surface area contributed by atoms with Gasteiger partial charge >= 0.3 is 0 Å². The van der Waals surface area contributed by atoms with Gasteiger partial charge < -0.3 is 14.7 Å². The third-order valence-electron chi connectivity index (χ3n) is 5.75. The number of hydrogen-bond acceptors (Lipinski definition) is 5. The van der Waals surface area contributed by atoms with Crippen molar-refractivity contribution in [1.29, 1.82) is 0 Å². The van der Waals surface area contributed by atoms with E-state index in [4.69, 9.17) is 0 Å². The van der Waals surface area contributed by atoms with E-state index >= 15 is 0 Å². The van der Waals surface area contributed by atoms with Gasteiger partial charge in [-0.05, 0) is 41.8 Å². The minimum Gasteiger partial charge on any atom is -0.334 e. The third kappa shape index (κ3) is 6.52. The van der Waals surface area contributed by atoms with E-state index in [1.54, 1.807) is 67.8 Å². The average molecular weight is 413 g/mol. The van der Waals surface area contributed by atoms with Crippen molar-refractivity contribution in [3.8, 4) is 0 Å². The molecule has 0 rings (SSSR count). The van der Waals surface area contributed by atoms with Gasteiger partial charge in [0.2, 0.25) is 17.7 Å². The van der Waals surface area contributed by atoms with Crippen LogP contribution in [0.15, 0.2) is 0 Å². The maximum atomic E-state index is 12.9. The summed E-state index contributed by atoms with van der Waals surface area (Å²) in [6, 6.07) is -2.45. The first-order chi connectivity index (χ1) is 13.0. The van der Waals surface area contributed by atoms with Crippen LogP contribution in [0.4, 0.5) is 0 Å². The summed E-state index contributed by atoms with van der Waals surface area (Å²) in [6.07, 6.45) is 0. The van der Waals surface area contributed by atoms with Gasteiger partial charge in [0.15, 0.2) is 5.78 Å². The van der Waals surface area contributed by atoms with Gasteiger partial charge in [0.1, 0.15) is 12.1 Å². The minimum atomic E-state index is -0.764. The Morgan fingerprint density at radius 1 is 0.552 bits per heavy atom. The smallest absolute Gasteiger partial charge is 0.245 e. The Bertz CT molecular complexity index is 627. The van der Waals surface area contributed by atoms with Crippen molar-refractivity contribution in [2.24, 2.45) is 5.41 Å². The van der Waals surface area contributed by atoms with E-state index < -0.39 is 23.5 Å². The summed E-state index contributed by atoms with van der Waals surface area (Å²) < 4.78 is 0. The van der Waals surface area contributed by atoms with Crippen molar-refractivity contribution in [3.63, 3.8) is 0 Å². The quantitative estimate of drug-likeness (QED) is 0.596. The van der Waals surface area contributed by atoms with Crippen LogP contribution in [0, 0.1) is 5.41 Å². The van der Waals surface area contributed by atoms with Crippen LogP contribution in [0.5, 0.6) is 0 Å². The Hall–Kier alpha value is -1.96. The van der Waals surface area contributed by atoms with Crippen LogP contribution in [0.1, 0.15) is 48.5 Å². The second-order valence-electron chi connectivity index (χ2n) is 9.13. The standard InChI is InChI=1S/C21H40N4O4/c1-13(17(26)21(5,6)7)23(10)19(28)15(3)25(12)20(29)16(4)24(11)18(27)14(2)22(8)9/h13-16H,1-12H3. The van der Waals surface area contributed by atoms with Gasteiger partial charge in [-0.25, -0.2) is 0 Å². The van der Waals surface area contributed by atoms with Gasteiger partial charge in [-0.3, -0.25) is 24.1 Å². The summed E-state index contributed by atoms with van der Waals surface area (Å²) in [5.41, 5.74) is -0.570. The summed E-state index contributed by atoms with van der Waals surface area (Å²) in [6.45, 7) is 12.2. The second kappa shape index (κ2) is 10.2. The molecule has 0 saturated heterocycles. The maximum Gasteiger partial charge on any atom is 0.245 e. The Balaban J connectivity index is 5.28. The topological polar surface area (TPSA) is 81.2 Å². The number of likely N-dealkylation sites (N-methyl/N-ethyl adjacent to an activating group) is 4. The van der Waals surface area contributed by atoms with E-state index in [9.17, 15) is 19.2 Å². The molecule has 0 aliphatic carbocycles. The van der Waals surface area contributed by atoms with E-state index in [1.807, 2.05) is 20.8 Å². The van der Waals surface area contributed by atoms with Crippen molar-refractivity contribution < 1.29 is 19.2 Å². The molecule has 0 aromatic rings. The van der Waals surface area contributed by atoms with Gasteiger partial charge in [-0.15, -0.1) is 0 Å². The van der Waals surface area contributed by atoms with Crippen LogP contribution in [0.3, 0.4) is 0 Å². The lowest BCUT2D eigenvalue weighted by atomic mass is 9.86. The number of ketones is 1. The molecule has 0 spiro atoms. The first-order valence-electron chi connectivity index (χ1n) is 9.97. The van der Waals surface area contributed by atoms with Crippen LogP contribution < -0.4 is 0 Å². The van der Waals surface area contributed by atoms with Gasteiger partial charge in [0, 0.05) is 26.6 Å². The minimum absolute atomic E-state index is 0.0501. The lowest BCUT2D eigenvalue weighted by Crippen LogP contribution is -2.56. The molecule has 8 heteroatoms. The normalized spacial score (nSPS) is 15.9. The van der Waals surface area contributed by atoms with Crippen molar-refractivity contribution >= 4 is 23.5 Å². The Morgan fingerprint density at radius 2 is 0.828 bits per heavy atom. The average Bonchev–Trinajstić information content (AvgIpc) is 2.66. The van der Waals surface area contributed by atoms with E-state index in [2.05, 4.69) is 0 Å². The molecule has 4 atom stereocenters. The monoisotopic (exact) mass is 412 g/mol. The molecule has 4 unspecified atom stereocenters.